The van der Waals surface area contributed by atoms with Crippen LogP contribution in [0.25, 0.3) is 98.5 Å². The van der Waals surface area contributed by atoms with Crippen LogP contribution < -0.4 is 0 Å². The minimum atomic E-state index is 0.574. The molecule has 0 saturated carbocycles. The molecule has 11 rings (SSSR count). The molecule has 0 fully saturated rings. The fourth-order valence-electron chi connectivity index (χ4n) is 8.66. The largest absolute Gasteiger partial charge is 0.309 e. The maximum Gasteiger partial charge on any atom is 0.188 e. The molecule has 0 aliphatic rings. The number of aromatic nitrogens is 3. The van der Waals surface area contributed by atoms with Crippen molar-refractivity contribution >= 4 is 71.1 Å². The number of para-hydroxylation sites is 4. The summed E-state index contributed by atoms with van der Waals surface area (Å²) >= 11 is 0. The fourth-order valence-corrected chi connectivity index (χ4v) is 8.66. The SMILES string of the molecule is [C-]#[N+]c1ccc2c(c1)c1ccc(-n3c4ccccc4c4ccccc43)cc1n2-c1cc(C#N)cc(-c2ccc(-n3c4ccccc4c4ccccc43)cc2)c1. The van der Waals surface area contributed by atoms with E-state index in [1.54, 1.807) is 0 Å². The molecule has 11 aromatic rings. The lowest BCUT2D eigenvalue weighted by atomic mass is 10.0. The molecule has 0 N–H and O–H groups in total. The summed E-state index contributed by atoms with van der Waals surface area (Å²) in [6.07, 6.45) is 0. The lowest BCUT2D eigenvalue weighted by molar-refractivity contribution is 1.15. The number of hydrogen-bond acceptors (Lipinski definition) is 1. The quantitative estimate of drug-likeness (QED) is 0.169. The normalized spacial score (nSPS) is 11.6. The topological polar surface area (TPSA) is 42.9 Å². The number of hydrogen-bond donors (Lipinski definition) is 0. The van der Waals surface area contributed by atoms with Gasteiger partial charge in [0.2, 0.25) is 0 Å². The molecule has 55 heavy (non-hydrogen) atoms. The molecule has 0 atom stereocenters. The Kier molecular flexibility index (Phi) is 6.61. The summed E-state index contributed by atoms with van der Waals surface area (Å²) in [4.78, 5) is 3.77. The Balaban J connectivity index is 1.11. The lowest BCUT2D eigenvalue weighted by Gasteiger charge is -2.14. The maximum atomic E-state index is 10.4. The number of nitriles is 1. The molecule has 3 heterocycles. The van der Waals surface area contributed by atoms with Gasteiger partial charge >= 0.3 is 0 Å². The molecular formula is C50H29N5. The first-order chi connectivity index (χ1) is 27.2. The number of rotatable bonds is 4. The smallest absolute Gasteiger partial charge is 0.188 e. The molecule has 8 aromatic carbocycles. The Labute approximate surface area is 316 Å². The van der Waals surface area contributed by atoms with Crippen LogP contribution in [0.4, 0.5) is 5.69 Å². The molecule has 0 saturated heterocycles. The average molecular weight is 700 g/mol. The summed E-state index contributed by atoms with van der Waals surface area (Å²) in [5.41, 5.74) is 12.7. The number of nitrogens with zero attached hydrogens (tertiary/aromatic N) is 5. The van der Waals surface area contributed by atoms with Gasteiger partial charge in [-0.15, -0.1) is 0 Å². The van der Waals surface area contributed by atoms with Gasteiger partial charge in [-0.2, -0.15) is 5.26 Å². The van der Waals surface area contributed by atoms with Crippen LogP contribution in [0.5, 0.6) is 0 Å². The van der Waals surface area contributed by atoms with E-state index in [4.69, 9.17) is 6.57 Å². The van der Waals surface area contributed by atoms with Gasteiger partial charge in [-0.1, -0.05) is 97.1 Å². The summed E-state index contributed by atoms with van der Waals surface area (Å²) in [7, 11) is 0. The monoisotopic (exact) mass is 699 g/mol. The van der Waals surface area contributed by atoms with Crippen molar-refractivity contribution in [2.24, 2.45) is 0 Å². The van der Waals surface area contributed by atoms with Crippen molar-refractivity contribution in [2.45, 2.75) is 0 Å². The number of fused-ring (bicyclic) bond motifs is 9. The molecule has 0 unspecified atom stereocenters. The minimum absolute atomic E-state index is 0.574. The van der Waals surface area contributed by atoms with Crippen molar-refractivity contribution in [1.82, 2.24) is 13.7 Å². The van der Waals surface area contributed by atoms with E-state index in [9.17, 15) is 5.26 Å². The third-order valence-corrected chi connectivity index (χ3v) is 11.0. The van der Waals surface area contributed by atoms with Gasteiger partial charge in [0, 0.05) is 44.0 Å². The van der Waals surface area contributed by atoms with Crippen molar-refractivity contribution in [1.29, 1.82) is 5.26 Å². The summed E-state index contributed by atoms with van der Waals surface area (Å²) in [5.74, 6) is 0. The zero-order valence-electron chi connectivity index (χ0n) is 29.5. The zero-order valence-corrected chi connectivity index (χ0v) is 29.5. The molecule has 5 heteroatoms. The Bertz CT molecular complexity index is 3350. The summed E-state index contributed by atoms with van der Waals surface area (Å²) in [6.45, 7) is 7.77. The first kappa shape index (κ1) is 30.7. The van der Waals surface area contributed by atoms with E-state index in [2.05, 4.69) is 170 Å². The van der Waals surface area contributed by atoms with Gasteiger partial charge in [0.15, 0.2) is 5.69 Å². The van der Waals surface area contributed by atoms with Crippen LogP contribution in [0.15, 0.2) is 176 Å². The predicted molar refractivity (Wildman–Crippen MR) is 226 cm³/mol. The second-order valence-electron chi connectivity index (χ2n) is 14.0. The highest BCUT2D eigenvalue weighted by Crippen LogP contribution is 2.39. The van der Waals surface area contributed by atoms with Gasteiger partial charge in [-0.05, 0) is 95.4 Å². The molecule has 254 valence electrons. The Hall–Kier alpha value is -7.86. The van der Waals surface area contributed by atoms with E-state index in [0.29, 0.717) is 11.3 Å². The van der Waals surface area contributed by atoms with Gasteiger partial charge in [0.1, 0.15) is 0 Å². The van der Waals surface area contributed by atoms with Gasteiger partial charge < -0.3 is 13.7 Å². The zero-order chi connectivity index (χ0) is 36.6. The highest BCUT2D eigenvalue weighted by Gasteiger charge is 2.18. The van der Waals surface area contributed by atoms with Crippen LogP contribution in [-0.4, -0.2) is 13.7 Å². The van der Waals surface area contributed by atoms with Crippen molar-refractivity contribution < 1.29 is 0 Å². The predicted octanol–water partition coefficient (Wildman–Crippen LogP) is 13.1. The van der Waals surface area contributed by atoms with E-state index < -0.39 is 0 Å². The van der Waals surface area contributed by atoms with Crippen LogP contribution >= 0.6 is 0 Å². The van der Waals surface area contributed by atoms with Crippen molar-refractivity contribution in [2.75, 3.05) is 0 Å². The summed E-state index contributed by atoms with van der Waals surface area (Å²) < 4.78 is 6.88. The third kappa shape index (κ3) is 4.58. The van der Waals surface area contributed by atoms with Crippen LogP contribution in [0, 0.1) is 17.9 Å². The molecular weight excluding hydrogens is 671 g/mol. The summed E-state index contributed by atoms with van der Waals surface area (Å²) in [5, 5.41) is 17.3. The van der Waals surface area contributed by atoms with E-state index in [1.807, 2.05) is 30.3 Å². The van der Waals surface area contributed by atoms with Crippen molar-refractivity contribution in [3.05, 3.63) is 193 Å². The van der Waals surface area contributed by atoms with Gasteiger partial charge in [-0.25, -0.2) is 4.85 Å². The molecule has 0 radical (unpaired) electrons. The van der Waals surface area contributed by atoms with Crippen LogP contribution in [0.2, 0.25) is 0 Å². The molecule has 5 nitrogen and oxygen atoms in total. The lowest BCUT2D eigenvalue weighted by Crippen LogP contribution is -1.98. The van der Waals surface area contributed by atoms with E-state index in [-0.39, 0.29) is 0 Å². The highest BCUT2D eigenvalue weighted by atomic mass is 15.0. The first-order valence-corrected chi connectivity index (χ1v) is 18.3. The molecule has 3 aromatic heterocycles. The maximum absolute atomic E-state index is 10.4. The van der Waals surface area contributed by atoms with Gasteiger partial charge in [0.25, 0.3) is 0 Å². The standard InChI is InChI=1S/C50H29N5/c1-52-35-20-25-49-44(29-35)43-24-23-37(54-47-16-8-4-12-41(47)42-13-5-9-17-48(42)54)30-50(43)55(49)38-27-32(31-51)26-34(28-38)33-18-21-36(22-19-33)53-45-14-6-2-10-39(45)40-11-3-7-15-46(40)53/h2-30H. The number of benzene rings is 8. The van der Waals surface area contributed by atoms with Crippen LogP contribution in [0.1, 0.15) is 5.56 Å². The van der Waals surface area contributed by atoms with Crippen molar-refractivity contribution in [3.8, 4) is 34.3 Å². The van der Waals surface area contributed by atoms with Crippen LogP contribution in [-0.2, 0) is 0 Å². The van der Waals surface area contributed by atoms with Gasteiger partial charge in [-0.3, -0.25) is 0 Å². The third-order valence-electron chi connectivity index (χ3n) is 11.0. The second-order valence-corrected chi connectivity index (χ2v) is 14.0. The van der Waals surface area contributed by atoms with Gasteiger partial charge in [0.05, 0.1) is 51.3 Å². The Morgan fingerprint density at radius 3 is 1.44 bits per heavy atom. The summed E-state index contributed by atoms with van der Waals surface area (Å²) in [6, 6.07) is 63.8. The van der Waals surface area contributed by atoms with Crippen LogP contribution in [0.3, 0.4) is 0 Å². The highest BCUT2D eigenvalue weighted by molar-refractivity contribution is 6.13. The molecule has 0 bridgehead atoms. The van der Waals surface area contributed by atoms with Crippen molar-refractivity contribution in [3.63, 3.8) is 0 Å². The molecule has 0 spiro atoms. The minimum Gasteiger partial charge on any atom is -0.309 e. The first-order valence-electron chi connectivity index (χ1n) is 18.3. The van der Waals surface area contributed by atoms with E-state index >= 15 is 0 Å². The molecule has 0 aliphatic carbocycles. The molecule has 0 amide bonds. The molecule has 0 aliphatic heterocycles. The van der Waals surface area contributed by atoms with E-state index in [0.717, 1.165) is 61.0 Å². The fraction of sp³-hybridized carbons (Fsp3) is 0. The average Bonchev–Trinajstić information content (AvgIpc) is 3.88. The van der Waals surface area contributed by atoms with E-state index in [1.165, 1.54) is 32.6 Å². The Morgan fingerprint density at radius 1 is 0.382 bits per heavy atom. The second kappa shape index (κ2) is 11.8. The Morgan fingerprint density at radius 2 is 0.873 bits per heavy atom.